The molecule has 1 N–H and O–H groups in total. The number of methoxy groups -OCH3 is 1. The van der Waals surface area contributed by atoms with Crippen LogP contribution in [0, 0.1) is 11.8 Å². The summed E-state index contributed by atoms with van der Waals surface area (Å²) < 4.78 is 11.0. The third-order valence-electron chi connectivity index (χ3n) is 5.13. The van der Waals surface area contributed by atoms with Crippen molar-refractivity contribution < 1.29 is 24.2 Å². The number of hydrogen-bond donors (Lipinski definition) is 1. The molecule has 4 rings (SSSR count). The van der Waals surface area contributed by atoms with Crippen LogP contribution < -0.4 is 9.64 Å². The second kappa shape index (κ2) is 4.43. The molecule has 3 aliphatic heterocycles. The van der Waals surface area contributed by atoms with Crippen molar-refractivity contribution in [2.45, 2.75) is 18.1 Å². The smallest absolute Gasteiger partial charge is 0.241 e. The highest BCUT2D eigenvalue weighted by Crippen LogP contribution is 2.57. The van der Waals surface area contributed by atoms with Gasteiger partial charge in [0.15, 0.2) is 0 Å². The third-order valence-corrected chi connectivity index (χ3v) is 5.13. The van der Waals surface area contributed by atoms with Crippen LogP contribution >= 0.6 is 0 Å². The third kappa shape index (κ3) is 1.65. The van der Waals surface area contributed by atoms with E-state index in [0.717, 1.165) is 0 Å². The summed E-state index contributed by atoms with van der Waals surface area (Å²) in [6, 6.07) is 6.77. The fourth-order valence-electron chi connectivity index (χ4n) is 4.03. The number of anilines is 1. The Kier molecular flexibility index (Phi) is 2.77. The summed E-state index contributed by atoms with van der Waals surface area (Å²) in [6.45, 7) is 1.46. The van der Waals surface area contributed by atoms with Gasteiger partial charge in [0.1, 0.15) is 11.4 Å². The molecular formula is C17H17NO5. The lowest BCUT2D eigenvalue weighted by molar-refractivity contribution is -0.131. The first-order valence-electron chi connectivity index (χ1n) is 7.49. The Balaban J connectivity index is 1.76. The summed E-state index contributed by atoms with van der Waals surface area (Å²) in [5.41, 5.74) is -1.43. The summed E-state index contributed by atoms with van der Waals surface area (Å²) in [5.74, 6) is -1.25. The molecule has 6 nitrogen and oxygen atoms in total. The summed E-state index contributed by atoms with van der Waals surface area (Å²) in [7, 11) is 1.55. The van der Waals surface area contributed by atoms with Gasteiger partial charge in [-0.1, -0.05) is 12.2 Å². The molecule has 0 radical (unpaired) electrons. The van der Waals surface area contributed by atoms with Crippen molar-refractivity contribution >= 4 is 17.5 Å². The highest BCUT2D eigenvalue weighted by Gasteiger charge is 2.72. The minimum absolute atomic E-state index is 0.285. The Morgan fingerprint density at radius 3 is 2.43 bits per heavy atom. The van der Waals surface area contributed by atoms with Crippen LogP contribution in [0.4, 0.5) is 5.69 Å². The molecule has 2 saturated heterocycles. The Morgan fingerprint density at radius 1 is 1.17 bits per heavy atom. The van der Waals surface area contributed by atoms with Gasteiger partial charge in [-0.3, -0.25) is 9.59 Å². The van der Waals surface area contributed by atoms with Crippen molar-refractivity contribution in [2.75, 3.05) is 18.6 Å². The minimum Gasteiger partial charge on any atom is -0.497 e. The molecule has 120 valence electrons. The van der Waals surface area contributed by atoms with Crippen LogP contribution in [0.2, 0.25) is 0 Å². The maximum absolute atomic E-state index is 12.9. The van der Waals surface area contributed by atoms with Crippen LogP contribution in [0.15, 0.2) is 36.4 Å². The lowest BCUT2D eigenvalue weighted by atomic mass is 9.73. The average Bonchev–Trinajstić information content (AvgIpc) is 3.14. The first-order valence-corrected chi connectivity index (χ1v) is 7.49. The number of benzene rings is 1. The molecular weight excluding hydrogens is 298 g/mol. The number of carbonyl (C=O) groups excluding carboxylic acids is 2. The molecule has 23 heavy (non-hydrogen) atoms. The second-order valence-corrected chi connectivity index (χ2v) is 6.40. The number of nitrogens with zero attached hydrogens (tertiary/aromatic N) is 1. The normalized spacial score (nSPS) is 37.6. The zero-order valence-electron chi connectivity index (χ0n) is 12.9. The predicted molar refractivity (Wildman–Crippen MR) is 80.9 cm³/mol. The highest BCUT2D eigenvalue weighted by molar-refractivity contribution is 6.23. The van der Waals surface area contributed by atoms with Crippen LogP contribution in [-0.2, 0) is 14.3 Å². The van der Waals surface area contributed by atoms with Crippen molar-refractivity contribution in [1.82, 2.24) is 0 Å². The van der Waals surface area contributed by atoms with Gasteiger partial charge in [-0.15, -0.1) is 0 Å². The first-order chi connectivity index (χ1) is 11.0. The quantitative estimate of drug-likeness (QED) is 0.662. The molecule has 6 heteroatoms. The van der Waals surface area contributed by atoms with E-state index >= 15 is 0 Å². The van der Waals surface area contributed by atoms with Gasteiger partial charge in [0, 0.05) is 0 Å². The van der Waals surface area contributed by atoms with Gasteiger partial charge in [0.05, 0.1) is 36.8 Å². The van der Waals surface area contributed by atoms with Crippen LogP contribution in [0.1, 0.15) is 6.92 Å². The molecule has 0 aromatic heterocycles. The van der Waals surface area contributed by atoms with Gasteiger partial charge in [-0.25, -0.2) is 4.90 Å². The van der Waals surface area contributed by atoms with Crippen molar-refractivity contribution in [3.05, 3.63) is 36.4 Å². The number of aliphatic hydroxyl groups excluding tert-OH is 1. The van der Waals surface area contributed by atoms with E-state index in [1.165, 1.54) is 4.90 Å². The van der Waals surface area contributed by atoms with E-state index in [-0.39, 0.29) is 18.4 Å². The fraction of sp³-hybridized carbons (Fsp3) is 0.412. The van der Waals surface area contributed by atoms with Crippen molar-refractivity contribution in [3.63, 3.8) is 0 Å². The van der Waals surface area contributed by atoms with Gasteiger partial charge in [0.25, 0.3) is 0 Å². The number of amides is 2. The monoisotopic (exact) mass is 315 g/mol. The van der Waals surface area contributed by atoms with Gasteiger partial charge in [-0.05, 0) is 31.2 Å². The number of imide groups is 1. The van der Waals surface area contributed by atoms with Crippen LogP contribution in [0.5, 0.6) is 5.75 Å². The maximum atomic E-state index is 12.9. The van der Waals surface area contributed by atoms with E-state index in [0.29, 0.717) is 11.4 Å². The summed E-state index contributed by atoms with van der Waals surface area (Å²) >= 11 is 0. The Morgan fingerprint density at radius 2 is 1.83 bits per heavy atom. The number of aliphatic hydroxyl groups is 1. The number of rotatable bonds is 3. The fourth-order valence-corrected chi connectivity index (χ4v) is 4.03. The van der Waals surface area contributed by atoms with Gasteiger partial charge in [-0.2, -0.15) is 0 Å². The Labute approximate surface area is 133 Å². The average molecular weight is 315 g/mol. The van der Waals surface area contributed by atoms with Gasteiger partial charge < -0.3 is 14.6 Å². The molecule has 2 bridgehead atoms. The van der Waals surface area contributed by atoms with E-state index in [2.05, 4.69) is 0 Å². The first kappa shape index (κ1) is 14.4. The molecule has 0 aliphatic carbocycles. The minimum atomic E-state index is -1.09. The molecule has 0 unspecified atom stereocenters. The van der Waals surface area contributed by atoms with E-state index < -0.39 is 23.0 Å². The van der Waals surface area contributed by atoms with Gasteiger partial charge in [0.2, 0.25) is 11.8 Å². The molecule has 0 spiro atoms. The lowest BCUT2D eigenvalue weighted by Crippen LogP contribution is -2.43. The standard InChI is InChI=1S/C17H17NO5/c1-16-7-8-17(9-19,23-16)13-12(16)14(20)18(15(13)21)10-3-5-11(22-2)6-4-10/h3-8,12-13,19H,9H2,1-2H3/t12-,13+,16-,17-/m0/s1. The number of hydrogen-bond acceptors (Lipinski definition) is 5. The topological polar surface area (TPSA) is 76.1 Å². The molecule has 1 aromatic rings. The molecule has 3 aliphatic rings. The van der Waals surface area contributed by atoms with Crippen molar-refractivity contribution in [2.24, 2.45) is 11.8 Å². The lowest BCUT2D eigenvalue weighted by Gasteiger charge is -2.26. The Bertz CT molecular complexity index is 727. The molecule has 1 aromatic carbocycles. The van der Waals surface area contributed by atoms with E-state index in [9.17, 15) is 14.7 Å². The van der Waals surface area contributed by atoms with Crippen LogP contribution in [0.3, 0.4) is 0 Å². The molecule has 0 saturated carbocycles. The van der Waals surface area contributed by atoms with Crippen molar-refractivity contribution in [3.8, 4) is 5.75 Å². The van der Waals surface area contributed by atoms with E-state index in [4.69, 9.17) is 9.47 Å². The SMILES string of the molecule is COc1ccc(N2C(=O)[C@@H]3[C@H](C2=O)[C@@]2(CO)C=C[C@]3(C)O2)cc1. The van der Waals surface area contributed by atoms with Crippen molar-refractivity contribution in [1.29, 1.82) is 0 Å². The zero-order valence-corrected chi connectivity index (χ0v) is 12.9. The molecule has 2 amide bonds. The zero-order chi connectivity index (χ0) is 16.4. The Hall–Kier alpha value is -2.18. The number of carbonyl (C=O) groups is 2. The maximum Gasteiger partial charge on any atom is 0.241 e. The second-order valence-electron chi connectivity index (χ2n) is 6.40. The summed E-state index contributed by atoms with van der Waals surface area (Å²) in [4.78, 5) is 27.0. The van der Waals surface area contributed by atoms with Crippen LogP contribution in [0.25, 0.3) is 0 Å². The van der Waals surface area contributed by atoms with E-state index in [1.54, 1.807) is 50.5 Å². The van der Waals surface area contributed by atoms with Gasteiger partial charge >= 0.3 is 0 Å². The number of ether oxygens (including phenoxy) is 2. The largest absolute Gasteiger partial charge is 0.497 e. The predicted octanol–water partition coefficient (Wildman–Crippen LogP) is 0.891. The highest BCUT2D eigenvalue weighted by atomic mass is 16.5. The number of fused-ring (bicyclic) bond motifs is 5. The molecule has 2 fully saturated rings. The molecule has 4 atom stereocenters. The summed E-state index contributed by atoms with van der Waals surface area (Å²) in [5, 5.41) is 9.76. The molecule has 3 heterocycles. The van der Waals surface area contributed by atoms with Crippen LogP contribution in [-0.4, -0.2) is 41.8 Å². The van der Waals surface area contributed by atoms with E-state index in [1.807, 2.05) is 0 Å². The summed E-state index contributed by atoms with van der Waals surface area (Å²) in [6.07, 6.45) is 3.50.